The van der Waals surface area contributed by atoms with Crippen molar-refractivity contribution in [1.29, 1.82) is 0 Å². The number of aromatic nitrogens is 1. The summed E-state index contributed by atoms with van der Waals surface area (Å²) >= 11 is 1.92. The minimum atomic E-state index is 0.157. The standard InChI is InChI=1S/C14H24N2S/c1-6-15-9-10-11(13(2,3)4)16-12(17-10)14(5)7-8-14/h15H,6-9H2,1-5H3. The van der Waals surface area contributed by atoms with Crippen molar-refractivity contribution < 1.29 is 0 Å². The zero-order valence-electron chi connectivity index (χ0n) is 11.7. The summed E-state index contributed by atoms with van der Waals surface area (Å²) in [5.74, 6) is 0. The van der Waals surface area contributed by atoms with Gasteiger partial charge in [-0.05, 0) is 19.4 Å². The smallest absolute Gasteiger partial charge is 0.0990 e. The first-order chi connectivity index (χ1) is 7.87. The van der Waals surface area contributed by atoms with Crippen molar-refractivity contribution in [3.63, 3.8) is 0 Å². The van der Waals surface area contributed by atoms with Crippen LogP contribution in [0.1, 0.15) is 63.0 Å². The summed E-state index contributed by atoms with van der Waals surface area (Å²) in [6, 6.07) is 0. The lowest BCUT2D eigenvalue weighted by Gasteiger charge is -2.17. The van der Waals surface area contributed by atoms with Crippen LogP contribution in [0, 0.1) is 0 Å². The van der Waals surface area contributed by atoms with Gasteiger partial charge in [0.2, 0.25) is 0 Å². The van der Waals surface area contributed by atoms with E-state index in [4.69, 9.17) is 4.98 Å². The van der Waals surface area contributed by atoms with Gasteiger partial charge in [0.25, 0.3) is 0 Å². The molecule has 0 aliphatic heterocycles. The van der Waals surface area contributed by atoms with E-state index in [1.807, 2.05) is 11.3 Å². The molecule has 96 valence electrons. The van der Waals surface area contributed by atoms with Crippen molar-refractivity contribution in [2.75, 3.05) is 6.54 Å². The third-order valence-electron chi connectivity index (χ3n) is 3.46. The fraction of sp³-hybridized carbons (Fsp3) is 0.786. The molecule has 1 aromatic rings. The third kappa shape index (κ3) is 2.71. The summed E-state index contributed by atoms with van der Waals surface area (Å²) in [4.78, 5) is 6.38. The van der Waals surface area contributed by atoms with Crippen molar-refractivity contribution in [2.45, 2.75) is 64.8 Å². The number of hydrogen-bond donors (Lipinski definition) is 1. The molecule has 17 heavy (non-hydrogen) atoms. The highest BCUT2D eigenvalue weighted by Gasteiger charge is 2.43. The molecule has 0 atom stereocenters. The zero-order valence-corrected chi connectivity index (χ0v) is 12.5. The van der Waals surface area contributed by atoms with E-state index in [0.717, 1.165) is 13.1 Å². The first-order valence-corrected chi connectivity index (χ1v) is 7.40. The predicted octanol–water partition coefficient (Wildman–Crippen LogP) is 3.60. The number of thiazole rings is 1. The van der Waals surface area contributed by atoms with E-state index in [0.29, 0.717) is 5.41 Å². The Balaban J connectivity index is 2.31. The van der Waals surface area contributed by atoms with Crippen LogP contribution in [0.3, 0.4) is 0 Å². The number of hydrogen-bond acceptors (Lipinski definition) is 3. The Morgan fingerprint density at radius 2 is 2.00 bits per heavy atom. The van der Waals surface area contributed by atoms with E-state index in [1.54, 1.807) is 0 Å². The largest absolute Gasteiger partial charge is 0.312 e. The lowest BCUT2D eigenvalue weighted by atomic mass is 9.91. The monoisotopic (exact) mass is 252 g/mol. The van der Waals surface area contributed by atoms with Gasteiger partial charge in [-0.3, -0.25) is 0 Å². The van der Waals surface area contributed by atoms with Gasteiger partial charge < -0.3 is 5.32 Å². The normalized spacial score (nSPS) is 18.4. The molecule has 0 spiro atoms. The molecule has 3 heteroatoms. The maximum absolute atomic E-state index is 4.95. The predicted molar refractivity (Wildman–Crippen MR) is 74.8 cm³/mol. The van der Waals surface area contributed by atoms with Crippen LogP contribution in [0.15, 0.2) is 0 Å². The molecule has 1 aromatic heterocycles. The van der Waals surface area contributed by atoms with Gasteiger partial charge in [0.05, 0.1) is 10.7 Å². The highest BCUT2D eigenvalue weighted by molar-refractivity contribution is 7.12. The van der Waals surface area contributed by atoms with Gasteiger partial charge in [-0.1, -0.05) is 34.6 Å². The Hall–Kier alpha value is -0.410. The lowest BCUT2D eigenvalue weighted by molar-refractivity contribution is 0.556. The first-order valence-electron chi connectivity index (χ1n) is 6.58. The summed E-state index contributed by atoms with van der Waals surface area (Å²) in [6.45, 7) is 13.3. The maximum atomic E-state index is 4.95. The Morgan fingerprint density at radius 3 is 2.47 bits per heavy atom. The second kappa shape index (κ2) is 4.36. The fourth-order valence-corrected chi connectivity index (χ4v) is 3.40. The van der Waals surface area contributed by atoms with Gasteiger partial charge in [0.15, 0.2) is 0 Å². The van der Waals surface area contributed by atoms with Crippen LogP contribution in [-0.2, 0) is 17.4 Å². The van der Waals surface area contributed by atoms with Gasteiger partial charge in [-0.2, -0.15) is 0 Å². The molecule has 1 aliphatic carbocycles. The van der Waals surface area contributed by atoms with Crippen LogP contribution in [0.5, 0.6) is 0 Å². The fourth-order valence-electron chi connectivity index (χ4n) is 1.96. The summed E-state index contributed by atoms with van der Waals surface area (Å²) in [5, 5.41) is 4.79. The van der Waals surface area contributed by atoms with Crippen LogP contribution in [-0.4, -0.2) is 11.5 Å². The van der Waals surface area contributed by atoms with Crippen LogP contribution in [0.25, 0.3) is 0 Å². The Labute approximate surface area is 109 Å². The molecule has 1 N–H and O–H groups in total. The summed E-state index contributed by atoms with van der Waals surface area (Å²) in [5.41, 5.74) is 1.85. The minimum Gasteiger partial charge on any atom is -0.312 e. The molecular formula is C14H24N2S. The molecule has 1 fully saturated rings. The SMILES string of the molecule is CCNCc1sc(C2(C)CC2)nc1C(C)(C)C. The van der Waals surface area contributed by atoms with Crippen LogP contribution < -0.4 is 5.32 Å². The Morgan fingerprint density at radius 1 is 1.35 bits per heavy atom. The third-order valence-corrected chi connectivity index (χ3v) is 4.82. The Bertz CT molecular complexity index is 397. The van der Waals surface area contributed by atoms with E-state index in [-0.39, 0.29) is 5.41 Å². The quantitative estimate of drug-likeness (QED) is 0.885. The molecule has 2 nitrogen and oxygen atoms in total. The lowest BCUT2D eigenvalue weighted by Crippen LogP contribution is -2.18. The molecular weight excluding hydrogens is 228 g/mol. The highest BCUT2D eigenvalue weighted by Crippen LogP contribution is 2.50. The average Bonchev–Trinajstić information content (AvgIpc) is 2.81. The summed E-state index contributed by atoms with van der Waals surface area (Å²) in [6.07, 6.45) is 2.62. The van der Waals surface area contributed by atoms with E-state index in [1.165, 1.54) is 28.4 Å². The molecule has 0 saturated heterocycles. The van der Waals surface area contributed by atoms with Crippen LogP contribution >= 0.6 is 11.3 Å². The van der Waals surface area contributed by atoms with Crippen molar-refractivity contribution in [3.8, 4) is 0 Å². The Kier molecular flexibility index (Phi) is 3.34. The molecule has 1 heterocycles. The van der Waals surface area contributed by atoms with Crippen LogP contribution in [0.2, 0.25) is 0 Å². The van der Waals surface area contributed by atoms with Crippen molar-refractivity contribution >= 4 is 11.3 Å². The van der Waals surface area contributed by atoms with Gasteiger partial charge in [-0.15, -0.1) is 11.3 Å². The van der Waals surface area contributed by atoms with Gasteiger partial charge in [-0.25, -0.2) is 4.98 Å². The van der Waals surface area contributed by atoms with E-state index < -0.39 is 0 Å². The number of rotatable bonds is 4. The number of nitrogens with zero attached hydrogens (tertiary/aromatic N) is 1. The molecule has 0 radical (unpaired) electrons. The highest BCUT2D eigenvalue weighted by atomic mass is 32.1. The summed E-state index contributed by atoms with van der Waals surface area (Å²) < 4.78 is 0. The molecule has 0 amide bonds. The van der Waals surface area contributed by atoms with Gasteiger partial charge >= 0.3 is 0 Å². The van der Waals surface area contributed by atoms with E-state index in [2.05, 4.69) is 39.9 Å². The minimum absolute atomic E-state index is 0.157. The van der Waals surface area contributed by atoms with Crippen molar-refractivity contribution in [3.05, 3.63) is 15.6 Å². The van der Waals surface area contributed by atoms with Gasteiger partial charge in [0.1, 0.15) is 0 Å². The molecule has 0 unspecified atom stereocenters. The van der Waals surface area contributed by atoms with Gasteiger partial charge in [0, 0.05) is 22.3 Å². The van der Waals surface area contributed by atoms with Crippen LogP contribution in [0.4, 0.5) is 0 Å². The zero-order chi connectivity index (χ0) is 12.7. The van der Waals surface area contributed by atoms with E-state index in [9.17, 15) is 0 Å². The average molecular weight is 252 g/mol. The second-order valence-electron chi connectivity index (χ2n) is 6.38. The molecule has 1 aliphatic rings. The topological polar surface area (TPSA) is 24.9 Å². The molecule has 2 rings (SSSR count). The van der Waals surface area contributed by atoms with Crippen molar-refractivity contribution in [2.24, 2.45) is 0 Å². The molecule has 0 bridgehead atoms. The maximum Gasteiger partial charge on any atom is 0.0990 e. The molecule has 0 aromatic carbocycles. The van der Waals surface area contributed by atoms with Crippen molar-refractivity contribution in [1.82, 2.24) is 10.3 Å². The first kappa shape index (κ1) is 13.0. The number of nitrogens with one attached hydrogen (secondary N) is 1. The molecule has 1 saturated carbocycles. The van der Waals surface area contributed by atoms with E-state index >= 15 is 0 Å². The summed E-state index contributed by atoms with van der Waals surface area (Å²) in [7, 11) is 0. The second-order valence-corrected chi connectivity index (χ2v) is 7.47.